The van der Waals surface area contributed by atoms with Gasteiger partial charge in [-0.3, -0.25) is 4.79 Å². The van der Waals surface area contributed by atoms with E-state index in [-0.39, 0.29) is 12.5 Å². The lowest BCUT2D eigenvalue weighted by molar-refractivity contribution is -0.119. The van der Waals surface area contributed by atoms with Crippen molar-refractivity contribution in [3.63, 3.8) is 0 Å². The first kappa shape index (κ1) is 12.2. The molecule has 0 heterocycles. The number of carbonyl (C=O) groups excluding carboxylic acids is 1. The summed E-state index contributed by atoms with van der Waals surface area (Å²) in [6, 6.07) is 14.2. The molecule has 0 aliphatic carbocycles. The molecule has 3 heteroatoms. The molecular weight excluding hydrogens is 224 g/mol. The van der Waals surface area contributed by atoms with E-state index in [9.17, 15) is 4.79 Å². The van der Waals surface area contributed by atoms with Gasteiger partial charge >= 0.3 is 0 Å². The second-order valence-electron chi connectivity index (χ2n) is 4.01. The highest BCUT2D eigenvalue weighted by Gasteiger charge is 2.00. The molecular formula is C15H16N2O. The van der Waals surface area contributed by atoms with Crippen molar-refractivity contribution in [3.8, 4) is 0 Å². The number of carbonyl (C=O) groups is 1. The second-order valence-corrected chi connectivity index (χ2v) is 4.01. The fourth-order valence-corrected chi connectivity index (χ4v) is 1.73. The van der Waals surface area contributed by atoms with Gasteiger partial charge in [-0.05, 0) is 22.9 Å². The van der Waals surface area contributed by atoms with Gasteiger partial charge in [-0.1, -0.05) is 36.4 Å². The molecule has 0 aliphatic rings. The van der Waals surface area contributed by atoms with Crippen molar-refractivity contribution in [3.05, 3.63) is 55.1 Å². The van der Waals surface area contributed by atoms with Crippen molar-refractivity contribution in [1.82, 2.24) is 5.32 Å². The summed E-state index contributed by atoms with van der Waals surface area (Å²) >= 11 is 0. The predicted molar refractivity (Wildman–Crippen MR) is 75.6 cm³/mol. The quantitative estimate of drug-likeness (QED) is 0.789. The first-order valence-corrected chi connectivity index (χ1v) is 5.90. The molecule has 1 amide bonds. The molecule has 0 unspecified atom stereocenters. The fraction of sp³-hybridized carbons (Fsp3) is 0.133. The number of rotatable bonds is 5. The third kappa shape index (κ3) is 3.10. The molecule has 0 saturated carbocycles. The highest BCUT2D eigenvalue weighted by atomic mass is 16.1. The van der Waals surface area contributed by atoms with E-state index in [1.165, 1.54) is 5.39 Å². The minimum Gasteiger partial charge on any atom is -0.376 e. The van der Waals surface area contributed by atoms with Crippen LogP contribution >= 0.6 is 0 Å². The third-order valence-corrected chi connectivity index (χ3v) is 2.65. The molecule has 2 rings (SSSR count). The zero-order valence-corrected chi connectivity index (χ0v) is 10.1. The summed E-state index contributed by atoms with van der Waals surface area (Å²) in [5, 5.41) is 8.17. The minimum absolute atomic E-state index is 0.0388. The van der Waals surface area contributed by atoms with Gasteiger partial charge in [-0.25, -0.2) is 0 Å². The molecule has 0 aliphatic heterocycles. The topological polar surface area (TPSA) is 41.1 Å². The van der Waals surface area contributed by atoms with Gasteiger partial charge < -0.3 is 10.6 Å². The minimum atomic E-state index is -0.0388. The molecule has 2 N–H and O–H groups in total. The van der Waals surface area contributed by atoms with Gasteiger partial charge in [-0.2, -0.15) is 0 Å². The number of benzene rings is 2. The molecule has 3 nitrogen and oxygen atoms in total. The van der Waals surface area contributed by atoms with E-state index < -0.39 is 0 Å². The lowest BCUT2D eigenvalue weighted by atomic mass is 10.1. The van der Waals surface area contributed by atoms with E-state index in [1.807, 2.05) is 30.3 Å². The largest absolute Gasteiger partial charge is 0.376 e. The van der Waals surface area contributed by atoms with Crippen LogP contribution in [0, 0.1) is 0 Å². The number of amides is 1. The Morgan fingerprint density at radius 3 is 2.72 bits per heavy atom. The number of nitrogens with one attached hydrogen (secondary N) is 2. The maximum Gasteiger partial charge on any atom is 0.239 e. The highest BCUT2D eigenvalue weighted by molar-refractivity contribution is 5.87. The molecule has 18 heavy (non-hydrogen) atoms. The Morgan fingerprint density at radius 2 is 1.94 bits per heavy atom. The number of anilines is 1. The Labute approximate surface area is 107 Å². The zero-order chi connectivity index (χ0) is 12.8. The fourth-order valence-electron chi connectivity index (χ4n) is 1.73. The summed E-state index contributed by atoms with van der Waals surface area (Å²) in [5.41, 5.74) is 0.947. The number of fused-ring (bicyclic) bond motifs is 1. The summed E-state index contributed by atoms with van der Waals surface area (Å²) in [6.07, 6.45) is 1.66. The number of hydrogen-bond donors (Lipinski definition) is 2. The van der Waals surface area contributed by atoms with Crippen molar-refractivity contribution < 1.29 is 4.79 Å². The summed E-state index contributed by atoms with van der Waals surface area (Å²) in [5.74, 6) is -0.0388. The van der Waals surface area contributed by atoms with Crippen molar-refractivity contribution in [2.75, 3.05) is 18.4 Å². The Bertz CT molecular complexity index is 563. The van der Waals surface area contributed by atoms with E-state index in [1.54, 1.807) is 6.08 Å². The van der Waals surface area contributed by atoms with E-state index >= 15 is 0 Å². The Balaban J connectivity index is 1.99. The maximum atomic E-state index is 11.4. The van der Waals surface area contributed by atoms with E-state index in [0.717, 1.165) is 11.1 Å². The first-order chi connectivity index (χ1) is 8.79. The lowest BCUT2D eigenvalue weighted by Crippen LogP contribution is -2.29. The van der Waals surface area contributed by atoms with Crippen LogP contribution < -0.4 is 10.6 Å². The Kier molecular flexibility index (Phi) is 3.97. The monoisotopic (exact) mass is 240 g/mol. The van der Waals surface area contributed by atoms with Gasteiger partial charge in [0.05, 0.1) is 6.54 Å². The van der Waals surface area contributed by atoms with Crippen molar-refractivity contribution >= 4 is 22.4 Å². The molecule has 0 bridgehead atoms. The Morgan fingerprint density at radius 1 is 1.17 bits per heavy atom. The molecule has 0 aromatic heterocycles. The highest BCUT2D eigenvalue weighted by Crippen LogP contribution is 2.18. The molecule has 0 fully saturated rings. The van der Waals surface area contributed by atoms with Crippen molar-refractivity contribution in [1.29, 1.82) is 0 Å². The van der Waals surface area contributed by atoms with Crippen molar-refractivity contribution in [2.45, 2.75) is 0 Å². The summed E-state index contributed by atoms with van der Waals surface area (Å²) in [4.78, 5) is 11.4. The van der Waals surface area contributed by atoms with Crippen LogP contribution in [-0.2, 0) is 4.79 Å². The van der Waals surface area contributed by atoms with Gasteiger partial charge in [-0.15, -0.1) is 6.58 Å². The van der Waals surface area contributed by atoms with E-state index in [2.05, 4.69) is 29.3 Å². The molecule has 2 aromatic rings. The molecule has 2 aromatic carbocycles. The average molecular weight is 240 g/mol. The molecule has 0 atom stereocenters. The molecule has 0 radical (unpaired) electrons. The lowest BCUT2D eigenvalue weighted by Gasteiger charge is -2.07. The Hall–Kier alpha value is -2.29. The van der Waals surface area contributed by atoms with Crippen LogP contribution in [0.5, 0.6) is 0 Å². The van der Waals surface area contributed by atoms with Gasteiger partial charge in [0, 0.05) is 12.2 Å². The van der Waals surface area contributed by atoms with Crippen LogP contribution in [0.25, 0.3) is 10.8 Å². The van der Waals surface area contributed by atoms with Crippen LogP contribution in [0.3, 0.4) is 0 Å². The van der Waals surface area contributed by atoms with Gasteiger partial charge in [0.15, 0.2) is 0 Å². The smallest absolute Gasteiger partial charge is 0.239 e. The molecule has 0 saturated heterocycles. The second kappa shape index (κ2) is 5.87. The summed E-state index contributed by atoms with van der Waals surface area (Å²) in [6.45, 7) is 4.32. The van der Waals surface area contributed by atoms with Crippen molar-refractivity contribution in [2.24, 2.45) is 0 Å². The predicted octanol–water partition coefficient (Wildman–Crippen LogP) is 2.55. The van der Waals surface area contributed by atoms with Crippen LogP contribution in [0.1, 0.15) is 0 Å². The van der Waals surface area contributed by atoms with Gasteiger partial charge in [0.25, 0.3) is 0 Å². The normalized spacial score (nSPS) is 10.0. The van der Waals surface area contributed by atoms with Gasteiger partial charge in [0.2, 0.25) is 5.91 Å². The standard InChI is InChI=1S/C15H16N2O/c1-2-9-16-15(18)11-17-14-8-7-12-5-3-4-6-13(12)10-14/h2-8,10,17H,1,9,11H2,(H,16,18). The summed E-state index contributed by atoms with van der Waals surface area (Å²) in [7, 11) is 0. The van der Waals surface area contributed by atoms with Crippen LogP contribution in [0.2, 0.25) is 0 Å². The van der Waals surface area contributed by atoms with Crippen LogP contribution in [0.4, 0.5) is 5.69 Å². The van der Waals surface area contributed by atoms with Gasteiger partial charge in [0.1, 0.15) is 0 Å². The average Bonchev–Trinajstić information content (AvgIpc) is 2.42. The van der Waals surface area contributed by atoms with Crippen LogP contribution in [0.15, 0.2) is 55.1 Å². The molecule has 0 spiro atoms. The zero-order valence-electron chi connectivity index (χ0n) is 10.1. The first-order valence-electron chi connectivity index (χ1n) is 5.90. The molecule has 92 valence electrons. The van der Waals surface area contributed by atoms with E-state index in [0.29, 0.717) is 6.54 Å². The maximum absolute atomic E-state index is 11.4. The summed E-state index contributed by atoms with van der Waals surface area (Å²) < 4.78 is 0. The van der Waals surface area contributed by atoms with Crippen LogP contribution in [-0.4, -0.2) is 19.0 Å². The van der Waals surface area contributed by atoms with E-state index in [4.69, 9.17) is 0 Å². The SMILES string of the molecule is C=CCNC(=O)CNc1ccc2ccccc2c1. The third-order valence-electron chi connectivity index (χ3n) is 2.65. The number of hydrogen-bond acceptors (Lipinski definition) is 2.